The molecular formula is C22H19Cl2N3O4. The minimum atomic E-state index is -0.769. The third-order valence-corrected chi connectivity index (χ3v) is 6.25. The van der Waals surface area contributed by atoms with E-state index in [9.17, 15) is 19.2 Å². The lowest BCUT2D eigenvalue weighted by molar-refractivity contribution is -0.137. The first-order valence-corrected chi connectivity index (χ1v) is 10.6. The van der Waals surface area contributed by atoms with E-state index in [2.05, 4.69) is 10.6 Å². The lowest BCUT2D eigenvalue weighted by Crippen LogP contribution is -2.54. The van der Waals surface area contributed by atoms with E-state index >= 15 is 0 Å². The minimum absolute atomic E-state index is 0.0949. The van der Waals surface area contributed by atoms with Crippen LogP contribution in [0.2, 0.25) is 10.0 Å². The van der Waals surface area contributed by atoms with Crippen molar-refractivity contribution < 1.29 is 19.2 Å². The SMILES string of the molecule is O=C(Cc1ccc(Cl)c(Cl)c1)NCC1c2ccccc2C(=O)N1C1CCC(=O)NC1=O. The highest BCUT2D eigenvalue weighted by molar-refractivity contribution is 6.42. The molecule has 0 radical (unpaired) electrons. The van der Waals surface area contributed by atoms with Crippen LogP contribution in [-0.4, -0.2) is 41.1 Å². The van der Waals surface area contributed by atoms with Gasteiger partial charge < -0.3 is 10.2 Å². The van der Waals surface area contributed by atoms with Gasteiger partial charge in [-0.3, -0.25) is 24.5 Å². The van der Waals surface area contributed by atoms with Gasteiger partial charge in [-0.15, -0.1) is 0 Å². The zero-order chi connectivity index (χ0) is 22.1. The van der Waals surface area contributed by atoms with Gasteiger partial charge in [-0.2, -0.15) is 0 Å². The number of carbonyl (C=O) groups is 4. The van der Waals surface area contributed by atoms with Crippen LogP contribution in [0.15, 0.2) is 42.5 Å². The number of carbonyl (C=O) groups excluding carboxylic acids is 4. The summed E-state index contributed by atoms with van der Waals surface area (Å²) < 4.78 is 0. The summed E-state index contributed by atoms with van der Waals surface area (Å²) in [4.78, 5) is 51.0. The highest BCUT2D eigenvalue weighted by atomic mass is 35.5. The molecule has 0 spiro atoms. The number of hydrogen-bond donors (Lipinski definition) is 2. The van der Waals surface area contributed by atoms with E-state index in [1.54, 1.807) is 30.3 Å². The summed E-state index contributed by atoms with van der Waals surface area (Å²) in [6.07, 6.45) is 0.503. The van der Waals surface area contributed by atoms with Crippen molar-refractivity contribution in [2.24, 2.45) is 0 Å². The molecule has 4 rings (SSSR count). The van der Waals surface area contributed by atoms with Gasteiger partial charge in [0.15, 0.2) is 0 Å². The minimum Gasteiger partial charge on any atom is -0.353 e. The number of piperidine rings is 1. The number of amides is 4. The predicted molar refractivity (Wildman–Crippen MR) is 115 cm³/mol. The van der Waals surface area contributed by atoms with Crippen molar-refractivity contribution in [2.45, 2.75) is 31.3 Å². The summed E-state index contributed by atoms with van der Waals surface area (Å²) in [6, 6.07) is 10.8. The molecule has 0 aliphatic carbocycles. The molecule has 2 aromatic carbocycles. The smallest absolute Gasteiger partial charge is 0.255 e. The van der Waals surface area contributed by atoms with Crippen molar-refractivity contribution in [1.82, 2.24) is 15.5 Å². The van der Waals surface area contributed by atoms with Crippen LogP contribution in [0.25, 0.3) is 0 Å². The Hall–Kier alpha value is -2.90. The predicted octanol–water partition coefficient (Wildman–Crippen LogP) is 2.65. The fourth-order valence-corrected chi connectivity index (χ4v) is 4.36. The first-order chi connectivity index (χ1) is 14.8. The Labute approximate surface area is 188 Å². The van der Waals surface area contributed by atoms with Crippen molar-refractivity contribution in [2.75, 3.05) is 6.54 Å². The molecule has 2 aliphatic rings. The van der Waals surface area contributed by atoms with Gasteiger partial charge in [0.25, 0.3) is 5.91 Å². The third kappa shape index (κ3) is 4.29. The average Bonchev–Trinajstić information content (AvgIpc) is 3.01. The van der Waals surface area contributed by atoms with E-state index < -0.39 is 18.0 Å². The Balaban J connectivity index is 1.51. The van der Waals surface area contributed by atoms with Crippen molar-refractivity contribution in [3.63, 3.8) is 0 Å². The number of nitrogens with zero attached hydrogens (tertiary/aromatic N) is 1. The molecule has 2 aromatic rings. The molecule has 4 amide bonds. The number of imide groups is 1. The fraction of sp³-hybridized carbons (Fsp3) is 0.273. The van der Waals surface area contributed by atoms with Gasteiger partial charge in [0, 0.05) is 18.5 Å². The molecule has 1 saturated heterocycles. The van der Waals surface area contributed by atoms with Crippen molar-refractivity contribution in [1.29, 1.82) is 0 Å². The maximum atomic E-state index is 13.1. The Bertz CT molecular complexity index is 1090. The van der Waals surface area contributed by atoms with Crippen LogP contribution in [0, 0.1) is 0 Å². The first kappa shape index (κ1) is 21.3. The molecule has 2 unspecified atom stereocenters. The zero-order valence-corrected chi connectivity index (χ0v) is 17.9. The van der Waals surface area contributed by atoms with Gasteiger partial charge in [0.1, 0.15) is 6.04 Å². The summed E-state index contributed by atoms with van der Waals surface area (Å²) in [5.74, 6) is -1.38. The van der Waals surface area contributed by atoms with Gasteiger partial charge >= 0.3 is 0 Å². The summed E-state index contributed by atoms with van der Waals surface area (Å²) in [7, 11) is 0. The standard InChI is InChI=1S/C22H19Cl2N3O4/c23-15-6-5-12(9-16(15)24)10-20(29)25-11-18-13-3-1-2-4-14(13)22(31)27(18)17-7-8-19(28)26-21(17)30/h1-6,9,17-18H,7-8,10-11H2,(H,25,29)(H,26,28,30). The lowest BCUT2D eigenvalue weighted by atomic mass is 10.0. The van der Waals surface area contributed by atoms with Gasteiger partial charge in [0.05, 0.1) is 22.5 Å². The number of benzene rings is 2. The third-order valence-electron chi connectivity index (χ3n) is 5.51. The summed E-state index contributed by atoms with van der Waals surface area (Å²) in [6.45, 7) is 0.140. The van der Waals surface area contributed by atoms with Crippen LogP contribution in [0.1, 0.15) is 40.4 Å². The highest BCUT2D eigenvalue weighted by Crippen LogP contribution is 2.36. The summed E-state index contributed by atoms with van der Waals surface area (Å²) >= 11 is 11.9. The molecule has 160 valence electrons. The zero-order valence-electron chi connectivity index (χ0n) is 16.4. The Morgan fingerprint density at radius 1 is 1.10 bits per heavy atom. The monoisotopic (exact) mass is 459 g/mol. The molecule has 2 aliphatic heterocycles. The van der Waals surface area contributed by atoms with Crippen LogP contribution >= 0.6 is 23.2 Å². The molecule has 0 saturated carbocycles. The second-order valence-corrected chi connectivity index (χ2v) is 8.33. The van der Waals surface area contributed by atoms with Gasteiger partial charge in [-0.05, 0) is 35.7 Å². The van der Waals surface area contributed by atoms with Crippen LogP contribution < -0.4 is 10.6 Å². The Morgan fingerprint density at radius 3 is 2.61 bits per heavy atom. The van der Waals surface area contributed by atoms with E-state index in [1.807, 2.05) is 12.1 Å². The van der Waals surface area contributed by atoms with Gasteiger partial charge in [-0.25, -0.2) is 0 Å². The fourth-order valence-electron chi connectivity index (χ4n) is 4.04. The van der Waals surface area contributed by atoms with E-state index in [1.165, 1.54) is 4.90 Å². The highest BCUT2D eigenvalue weighted by Gasteiger charge is 2.44. The number of fused-ring (bicyclic) bond motifs is 1. The molecule has 9 heteroatoms. The van der Waals surface area contributed by atoms with E-state index in [0.29, 0.717) is 21.2 Å². The molecule has 2 N–H and O–H groups in total. The molecular weight excluding hydrogens is 441 g/mol. The maximum Gasteiger partial charge on any atom is 0.255 e. The number of halogens is 2. The quantitative estimate of drug-likeness (QED) is 0.671. The van der Waals surface area contributed by atoms with Crippen molar-refractivity contribution >= 4 is 46.8 Å². The Morgan fingerprint density at radius 2 is 1.87 bits per heavy atom. The number of hydrogen-bond acceptors (Lipinski definition) is 4. The maximum absolute atomic E-state index is 13.1. The normalized spacial score (nSPS) is 20.5. The van der Waals surface area contributed by atoms with Crippen LogP contribution in [0.4, 0.5) is 0 Å². The van der Waals surface area contributed by atoms with Crippen molar-refractivity contribution in [3.05, 3.63) is 69.2 Å². The molecule has 31 heavy (non-hydrogen) atoms. The molecule has 2 atom stereocenters. The molecule has 0 bridgehead atoms. The van der Waals surface area contributed by atoms with Crippen LogP contribution in [0.5, 0.6) is 0 Å². The number of rotatable bonds is 5. The summed E-state index contributed by atoms with van der Waals surface area (Å²) in [5.41, 5.74) is 1.94. The van der Waals surface area contributed by atoms with E-state index in [-0.39, 0.29) is 43.5 Å². The molecule has 7 nitrogen and oxygen atoms in total. The second-order valence-electron chi connectivity index (χ2n) is 7.51. The van der Waals surface area contributed by atoms with Gasteiger partial charge in [0.2, 0.25) is 17.7 Å². The molecule has 0 aromatic heterocycles. The second kappa shape index (κ2) is 8.69. The number of nitrogens with one attached hydrogen (secondary N) is 2. The van der Waals surface area contributed by atoms with Crippen molar-refractivity contribution in [3.8, 4) is 0 Å². The van der Waals surface area contributed by atoms with Crippen LogP contribution in [0.3, 0.4) is 0 Å². The Kier molecular flexibility index (Phi) is 5.98. The topological polar surface area (TPSA) is 95.6 Å². The largest absolute Gasteiger partial charge is 0.353 e. The molecule has 1 fully saturated rings. The van der Waals surface area contributed by atoms with Gasteiger partial charge in [-0.1, -0.05) is 47.5 Å². The van der Waals surface area contributed by atoms with E-state index in [0.717, 1.165) is 5.56 Å². The first-order valence-electron chi connectivity index (χ1n) is 9.81. The van der Waals surface area contributed by atoms with Crippen LogP contribution in [-0.2, 0) is 20.8 Å². The summed E-state index contributed by atoms with van der Waals surface area (Å²) in [5, 5.41) is 5.93. The lowest BCUT2D eigenvalue weighted by Gasteiger charge is -2.34. The molecule has 2 heterocycles. The average molecular weight is 460 g/mol. The van der Waals surface area contributed by atoms with E-state index in [4.69, 9.17) is 23.2 Å².